The first-order valence-corrected chi connectivity index (χ1v) is 4.17. The molecule has 1 aliphatic rings. The first-order valence-electron chi connectivity index (χ1n) is 4.17. The second-order valence-electron chi connectivity index (χ2n) is 3.01. The molecule has 0 atom stereocenters. The lowest BCUT2D eigenvalue weighted by Crippen LogP contribution is -1.84. The Balaban J connectivity index is 2.26. The Morgan fingerprint density at radius 2 is 2.09 bits per heavy atom. The summed E-state index contributed by atoms with van der Waals surface area (Å²) in [7, 11) is 0. The maximum atomic E-state index is 2.30. The highest BCUT2D eigenvalue weighted by molar-refractivity contribution is 5.39. The molecule has 0 N–H and O–H groups in total. The highest BCUT2D eigenvalue weighted by Gasteiger charge is 2.12. The van der Waals surface area contributed by atoms with Gasteiger partial charge in [0.25, 0.3) is 0 Å². The predicted octanol–water partition coefficient (Wildman–Crippen LogP) is 2.90. The molecule has 0 unspecified atom stereocenters. The van der Waals surface area contributed by atoms with Gasteiger partial charge in [-0.25, -0.2) is 0 Å². The number of benzene rings is 1. The summed E-state index contributed by atoms with van der Waals surface area (Å²) in [6, 6.07) is 8.83. The maximum absolute atomic E-state index is 2.30. The van der Waals surface area contributed by atoms with Gasteiger partial charge < -0.3 is 0 Å². The van der Waals surface area contributed by atoms with Crippen molar-refractivity contribution in [3.63, 3.8) is 0 Å². The smallest absolute Gasteiger partial charge is 0.0199 e. The summed E-state index contributed by atoms with van der Waals surface area (Å²) in [5.74, 6) is 0.654. The Kier molecular flexibility index (Phi) is 1.54. The van der Waals surface area contributed by atoms with Crippen LogP contribution in [0.25, 0.3) is 0 Å². The lowest BCUT2D eigenvalue weighted by Gasteiger charge is -2.00. The fourth-order valence-electron chi connectivity index (χ4n) is 1.30. The first kappa shape index (κ1) is 6.66. The second kappa shape index (κ2) is 2.54. The summed E-state index contributed by atoms with van der Waals surface area (Å²) in [6.07, 6.45) is 5.60. The molecule has 0 saturated heterocycles. The van der Waals surface area contributed by atoms with E-state index in [1.54, 1.807) is 0 Å². The molecule has 1 aromatic carbocycles. The largest absolute Gasteiger partial charge is 0.0763 e. The van der Waals surface area contributed by atoms with Crippen LogP contribution in [0.15, 0.2) is 36.4 Å². The van der Waals surface area contributed by atoms with Gasteiger partial charge in [-0.2, -0.15) is 0 Å². The Bertz CT molecular complexity index is 278. The third-order valence-electron chi connectivity index (χ3n) is 2.13. The Morgan fingerprint density at radius 3 is 2.73 bits per heavy atom. The van der Waals surface area contributed by atoms with Gasteiger partial charge in [-0.05, 0) is 17.5 Å². The predicted molar refractivity (Wildman–Crippen MR) is 47.7 cm³/mol. The van der Waals surface area contributed by atoms with Gasteiger partial charge in [0.2, 0.25) is 0 Å². The van der Waals surface area contributed by atoms with E-state index in [0.717, 1.165) is 6.42 Å². The van der Waals surface area contributed by atoms with Crippen molar-refractivity contribution in [2.24, 2.45) is 0 Å². The van der Waals surface area contributed by atoms with Gasteiger partial charge in [0.05, 0.1) is 0 Å². The van der Waals surface area contributed by atoms with Gasteiger partial charge in [0.1, 0.15) is 0 Å². The third-order valence-corrected chi connectivity index (χ3v) is 2.13. The molecule has 0 aliphatic heterocycles. The van der Waals surface area contributed by atoms with Crippen molar-refractivity contribution in [3.8, 4) is 0 Å². The molecule has 0 heteroatoms. The highest BCUT2D eigenvalue weighted by Crippen LogP contribution is 2.29. The Labute approximate surface area is 67.6 Å². The van der Waals surface area contributed by atoms with E-state index in [2.05, 4.69) is 43.3 Å². The molecule has 11 heavy (non-hydrogen) atoms. The van der Waals surface area contributed by atoms with E-state index in [0.29, 0.717) is 5.92 Å². The topological polar surface area (TPSA) is 0 Å². The van der Waals surface area contributed by atoms with E-state index in [4.69, 9.17) is 0 Å². The summed E-state index contributed by atoms with van der Waals surface area (Å²) in [4.78, 5) is 0. The zero-order valence-corrected chi connectivity index (χ0v) is 6.75. The van der Waals surface area contributed by atoms with Gasteiger partial charge in [-0.1, -0.05) is 43.3 Å². The van der Waals surface area contributed by atoms with Crippen LogP contribution in [0.3, 0.4) is 0 Å². The molecule has 0 fully saturated rings. The molecule has 0 radical (unpaired) electrons. The SMILES string of the molecule is CCc1cccc(C2C=C2)c1. The normalized spacial score (nSPS) is 15.4. The molecule has 0 heterocycles. The lowest BCUT2D eigenvalue weighted by molar-refractivity contribution is 1.11. The summed E-state index contributed by atoms with van der Waals surface area (Å²) in [6.45, 7) is 2.19. The minimum Gasteiger partial charge on any atom is -0.0763 e. The number of aryl methyl sites for hydroxylation is 1. The molecule has 0 amide bonds. The van der Waals surface area contributed by atoms with Crippen molar-refractivity contribution in [1.82, 2.24) is 0 Å². The van der Waals surface area contributed by atoms with Crippen LogP contribution in [0.5, 0.6) is 0 Å². The quantitative estimate of drug-likeness (QED) is 0.560. The number of allylic oxidation sites excluding steroid dienone is 2. The van der Waals surface area contributed by atoms with E-state index in [-0.39, 0.29) is 0 Å². The summed E-state index contributed by atoms with van der Waals surface area (Å²) < 4.78 is 0. The van der Waals surface area contributed by atoms with Crippen LogP contribution in [-0.4, -0.2) is 0 Å². The monoisotopic (exact) mass is 144 g/mol. The molecule has 56 valence electrons. The average Bonchev–Trinajstić information content (AvgIpc) is 2.87. The first-order chi connectivity index (χ1) is 5.40. The average molecular weight is 144 g/mol. The van der Waals surface area contributed by atoms with Gasteiger partial charge in [-0.3, -0.25) is 0 Å². The second-order valence-corrected chi connectivity index (χ2v) is 3.01. The Hall–Kier alpha value is -1.04. The third kappa shape index (κ3) is 1.35. The molecule has 2 rings (SSSR count). The van der Waals surface area contributed by atoms with Gasteiger partial charge in [0, 0.05) is 5.92 Å². The molecule has 1 aliphatic carbocycles. The number of hydrogen-bond acceptors (Lipinski definition) is 0. The van der Waals surface area contributed by atoms with Crippen LogP contribution < -0.4 is 0 Å². The van der Waals surface area contributed by atoms with Crippen LogP contribution in [0, 0.1) is 0 Å². The number of hydrogen-bond donors (Lipinski definition) is 0. The molecule has 0 spiro atoms. The highest BCUT2D eigenvalue weighted by atomic mass is 14.2. The zero-order valence-electron chi connectivity index (χ0n) is 6.75. The van der Waals surface area contributed by atoms with Gasteiger partial charge in [0.15, 0.2) is 0 Å². The van der Waals surface area contributed by atoms with Crippen molar-refractivity contribution in [3.05, 3.63) is 47.5 Å². The molecule has 1 aromatic rings. The fourth-order valence-corrected chi connectivity index (χ4v) is 1.30. The Morgan fingerprint density at radius 1 is 1.27 bits per heavy atom. The van der Waals surface area contributed by atoms with Crippen molar-refractivity contribution in [2.45, 2.75) is 19.3 Å². The van der Waals surface area contributed by atoms with Crippen LogP contribution in [0.1, 0.15) is 24.0 Å². The van der Waals surface area contributed by atoms with Crippen LogP contribution in [0.2, 0.25) is 0 Å². The summed E-state index contributed by atoms with van der Waals surface area (Å²) in [5, 5.41) is 0. The van der Waals surface area contributed by atoms with Gasteiger partial charge in [-0.15, -0.1) is 0 Å². The molecular formula is C11H12. The maximum Gasteiger partial charge on any atom is 0.0199 e. The number of rotatable bonds is 2. The lowest BCUT2D eigenvalue weighted by atomic mass is 10.1. The zero-order chi connectivity index (χ0) is 7.68. The van der Waals surface area contributed by atoms with Crippen LogP contribution in [-0.2, 0) is 6.42 Å². The van der Waals surface area contributed by atoms with Gasteiger partial charge >= 0.3 is 0 Å². The van der Waals surface area contributed by atoms with E-state index in [9.17, 15) is 0 Å². The molecule has 0 bridgehead atoms. The van der Waals surface area contributed by atoms with Crippen molar-refractivity contribution in [1.29, 1.82) is 0 Å². The molecular weight excluding hydrogens is 132 g/mol. The fraction of sp³-hybridized carbons (Fsp3) is 0.273. The summed E-state index contributed by atoms with van der Waals surface area (Å²) >= 11 is 0. The van der Waals surface area contributed by atoms with Crippen molar-refractivity contribution >= 4 is 0 Å². The van der Waals surface area contributed by atoms with Crippen molar-refractivity contribution < 1.29 is 0 Å². The summed E-state index contributed by atoms with van der Waals surface area (Å²) in [5.41, 5.74) is 2.89. The molecule has 0 aromatic heterocycles. The minimum absolute atomic E-state index is 0.654. The molecule has 0 nitrogen and oxygen atoms in total. The van der Waals surface area contributed by atoms with Crippen LogP contribution in [0.4, 0.5) is 0 Å². The van der Waals surface area contributed by atoms with Crippen molar-refractivity contribution in [2.75, 3.05) is 0 Å². The van der Waals surface area contributed by atoms with E-state index >= 15 is 0 Å². The minimum atomic E-state index is 0.654. The van der Waals surface area contributed by atoms with E-state index in [1.807, 2.05) is 0 Å². The van der Waals surface area contributed by atoms with E-state index in [1.165, 1.54) is 11.1 Å². The van der Waals surface area contributed by atoms with Crippen LogP contribution >= 0.6 is 0 Å². The molecule has 0 saturated carbocycles. The van der Waals surface area contributed by atoms with E-state index < -0.39 is 0 Å². The standard InChI is InChI=1S/C11H12/c1-2-9-4-3-5-11(8-9)10-6-7-10/h3-8,10H,2H2,1H3.